The lowest BCUT2D eigenvalue weighted by Gasteiger charge is -2.16. The topological polar surface area (TPSA) is 85.3 Å². The first-order valence-electron chi connectivity index (χ1n) is 9.05. The van der Waals surface area contributed by atoms with Crippen molar-refractivity contribution in [3.63, 3.8) is 0 Å². The van der Waals surface area contributed by atoms with Crippen LogP contribution in [0.5, 0.6) is 17.2 Å². The largest absolute Gasteiger partial charge is 0.493 e. The molecule has 28 heavy (non-hydrogen) atoms. The molecule has 1 saturated heterocycles. The summed E-state index contributed by atoms with van der Waals surface area (Å²) in [4.78, 5) is 24.5. The van der Waals surface area contributed by atoms with Crippen molar-refractivity contribution in [2.45, 2.75) is 13.0 Å². The number of benzene rings is 2. The fourth-order valence-corrected chi connectivity index (χ4v) is 3.05. The van der Waals surface area contributed by atoms with E-state index in [0.29, 0.717) is 37.0 Å². The second kappa shape index (κ2) is 9.12. The average molecular weight is 385 g/mol. The van der Waals surface area contributed by atoms with E-state index in [1.54, 1.807) is 12.0 Å². The van der Waals surface area contributed by atoms with Gasteiger partial charge in [-0.15, -0.1) is 0 Å². The van der Waals surface area contributed by atoms with Crippen molar-refractivity contribution in [2.24, 2.45) is 5.92 Å². The van der Waals surface area contributed by atoms with Crippen LogP contribution in [0.3, 0.4) is 0 Å². The first-order valence-corrected chi connectivity index (χ1v) is 9.05. The minimum atomic E-state index is -0.921. The van der Waals surface area contributed by atoms with E-state index in [9.17, 15) is 9.59 Å². The van der Waals surface area contributed by atoms with Crippen LogP contribution < -0.4 is 14.2 Å². The average Bonchev–Trinajstić information content (AvgIpc) is 3.07. The molecule has 1 atom stereocenters. The Kier molecular flexibility index (Phi) is 6.37. The molecular weight excluding hydrogens is 362 g/mol. The highest BCUT2D eigenvalue weighted by Gasteiger charge is 2.33. The van der Waals surface area contributed by atoms with Crippen molar-refractivity contribution in [1.29, 1.82) is 0 Å². The molecule has 1 N–H and O–H groups in total. The maximum atomic E-state index is 11.9. The van der Waals surface area contributed by atoms with Crippen LogP contribution in [0, 0.1) is 5.92 Å². The van der Waals surface area contributed by atoms with Crippen molar-refractivity contribution in [1.82, 2.24) is 4.90 Å². The molecule has 1 heterocycles. The zero-order valence-corrected chi connectivity index (χ0v) is 15.7. The molecule has 7 heteroatoms. The number of para-hydroxylation sites is 2. The van der Waals surface area contributed by atoms with Crippen LogP contribution in [0.2, 0.25) is 0 Å². The number of carbonyl (C=O) groups excluding carboxylic acids is 1. The van der Waals surface area contributed by atoms with Crippen molar-refractivity contribution in [3.05, 3.63) is 54.1 Å². The van der Waals surface area contributed by atoms with Gasteiger partial charge in [0.05, 0.1) is 13.0 Å². The van der Waals surface area contributed by atoms with Crippen LogP contribution in [0.25, 0.3) is 0 Å². The van der Waals surface area contributed by atoms with Crippen LogP contribution in [0.4, 0.5) is 0 Å². The van der Waals surface area contributed by atoms with Gasteiger partial charge in [0.2, 0.25) is 5.91 Å². The minimum absolute atomic E-state index is 0.0722. The fourth-order valence-electron chi connectivity index (χ4n) is 3.05. The number of ether oxygens (including phenoxy) is 3. The number of hydrogen-bond donors (Lipinski definition) is 1. The van der Waals surface area contributed by atoms with Gasteiger partial charge in [-0.05, 0) is 29.8 Å². The predicted molar refractivity (Wildman–Crippen MR) is 102 cm³/mol. The van der Waals surface area contributed by atoms with Crippen LogP contribution >= 0.6 is 0 Å². The molecule has 0 bridgehead atoms. The van der Waals surface area contributed by atoms with Gasteiger partial charge in [0.15, 0.2) is 11.5 Å². The number of hydrogen-bond acceptors (Lipinski definition) is 5. The summed E-state index contributed by atoms with van der Waals surface area (Å²) in [7, 11) is 1.60. The molecule has 0 aromatic heterocycles. The predicted octanol–water partition coefficient (Wildman–Crippen LogP) is 2.59. The summed E-state index contributed by atoms with van der Waals surface area (Å²) in [5, 5.41) is 9.04. The summed E-state index contributed by atoms with van der Waals surface area (Å²) in [6.45, 7) is 1.41. The Bertz CT molecular complexity index is 820. The summed E-state index contributed by atoms with van der Waals surface area (Å²) in [6, 6.07) is 14.8. The standard InChI is InChI=1S/C21H23NO6/c1-26-18-4-2-3-5-19(18)28-11-10-27-17-8-6-15(7-9-17)13-22-14-16(21(24)25)12-20(22)23/h2-9,16H,10-14H2,1H3,(H,24,25). The lowest BCUT2D eigenvalue weighted by Crippen LogP contribution is -2.25. The summed E-state index contributed by atoms with van der Waals surface area (Å²) in [5.41, 5.74) is 0.928. The SMILES string of the molecule is COc1ccccc1OCCOc1ccc(CN2CC(C(=O)O)CC2=O)cc1. The fraction of sp³-hybridized carbons (Fsp3) is 0.333. The normalized spacial score (nSPS) is 16.1. The minimum Gasteiger partial charge on any atom is -0.493 e. The molecule has 0 radical (unpaired) electrons. The maximum Gasteiger partial charge on any atom is 0.308 e. The van der Waals surface area contributed by atoms with E-state index in [1.165, 1.54) is 0 Å². The molecular formula is C21H23NO6. The molecule has 0 aliphatic carbocycles. The van der Waals surface area contributed by atoms with Gasteiger partial charge in [0.1, 0.15) is 19.0 Å². The third-order valence-corrected chi connectivity index (χ3v) is 4.54. The number of carboxylic acid groups (broad SMARTS) is 1. The molecule has 148 valence electrons. The second-order valence-electron chi connectivity index (χ2n) is 6.51. The smallest absolute Gasteiger partial charge is 0.308 e. The van der Waals surface area contributed by atoms with Gasteiger partial charge in [-0.2, -0.15) is 0 Å². The molecule has 1 aliphatic rings. The summed E-state index contributed by atoms with van der Waals surface area (Å²) < 4.78 is 16.6. The Hall–Kier alpha value is -3.22. The Morgan fingerprint density at radius 1 is 1.07 bits per heavy atom. The van der Waals surface area contributed by atoms with Crippen LogP contribution in [0.1, 0.15) is 12.0 Å². The number of rotatable bonds is 9. The Morgan fingerprint density at radius 2 is 1.75 bits per heavy atom. The molecule has 1 fully saturated rings. The molecule has 7 nitrogen and oxygen atoms in total. The zero-order valence-electron chi connectivity index (χ0n) is 15.7. The van der Waals surface area contributed by atoms with E-state index in [0.717, 1.165) is 5.56 Å². The molecule has 1 aliphatic heterocycles. The summed E-state index contributed by atoms with van der Waals surface area (Å²) in [5.74, 6) is 0.380. The van der Waals surface area contributed by atoms with E-state index in [4.69, 9.17) is 19.3 Å². The quantitative estimate of drug-likeness (QED) is 0.668. The van der Waals surface area contributed by atoms with Crippen LogP contribution in [-0.2, 0) is 16.1 Å². The van der Waals surface area contributed by atoms with Crippen molar-refractivity contribution >= 4 is 11.9 Å². The third-order valence-electron chi connectivity index (χ3n) is 4.54. The molecule has 2 aromatic carbocycles. The van der Waals surface area contributed by atoms with E-state index in [-0.39, 0.29) is 18.9 Å². The highest BCUT2D eigenvalue weighted by molar-refractivity contribution is 5.86. The molecule has 2 aromatic rings. The number of carboxylic acids is 1. The van der Waals surface area contributed by atoms with Crippen molar-refractivity contribution in [2.75, 3.05) is 26.9 Å². The Balaban J connectivity index is 1.44. The van der Waals surface area contributed by atoms with E-state index in [2.05, 4.69) is 0 Å². The highest BCUT2D eigenvalue weighted by Crippen LogP contribution is 2.25. The van der Waals surface area contributed by atoms with E-state index < -0.39 is 11.9 Å². The van der Waals surface area contributed by atoms with Gasteiger partial charge in [0.25, 0.3) is 0 Å². The third kappa shape index (κ3) is 4.94. The van der Waals surface area contributed by atoms with Gasteiger partial charge in [-0.1, -0.05) is 24.3 Å². The monoisotopic (exact) mass is 385 g/mol. The molecule has 0 saturated carbocycles. The molecule has 1 amide bonds. The number of methoxy groups -OCH3 is 1. The molecule has 3 rings (SSSR count). The first-order chi connectivity index (χ1) is 13.6. The maximum absolute atomic E-state index is 11.9. The van der Waals surface area contributed by atoms with Gasteiger partial charge in [0, 0.05) is 19.5 Å². The number of aliphatic carboxylic acids is 1. The van der Waals surface area contributed by atoms with Gasteiger partial charge in [-0.3, -0.25) is 9.59 Å². The Labute approximate surface area is 163 Å². The number of nitrogens with zero attached hydrogens (tertiary/aromatic N) is 1. The van der Waals surface area contributed by atoms with Crippen molar-refractivity contribution < 1.29 is 28.9 Å². The summed E-state index contributed by atoms with van der Waals surface area (Å²) >= 11 is 0. The second-order valence-corrected chi connectivity index (χ2v) is 6.51. The lowest BCUT2D eigenvalue weighted by atomic mass is 10.1. The van der Waals surface area contributed by atoms with E-state index in [1.807, 2.05) is 48.5 Å². The van der Waals surface area contributed by atoms with Gasteiger partial charge in [-0.25, -0.2) is 0 Å². The van der Waals surface area contributed by atoms with Crippen LogP contribution in [0.15, 0.2) is 48.5 Å². The highest BCUT2D eigenvalue weighted by atomic mass is 16.5. The van der Waals surface area contributed by atoms with E-state index >= 15 is 0 Å². The first kappa shape index (κ1) is 19.5. The molecule has 0 spiro atoms. The van der Waals surface area contributed by atoms with Gasteiger partial charge < -0.3 is 24.2 Å². The van der Waals surface area contributed by atoms with Crippen molar-refractivity contribution in [3.8, 4) is 17.2 Å². The van der Waals surface area contributed by atoms with Gasteiger partial charge >= 0.3 is 5.97 Å². The zero-order chi connectivity index (χ0) is 19.9. The molecule has 1 unspecified atom stereocenters. The lowest BCUT2D eigenvalue weighted by molar-refractivity contribution is -0.141. The number of carbonyl (C=O) groups is 2. The van der Waals surface area contributed by atoms with Crippen LogP contribution in [-0.4, -0.2) is 48.8 Å². The summed E-state index contributed by atoms with van der Waals surface area (Å²) in [6.07, 6.45) is 0.0722. The number of likely N-dealkylation sites (tertiary alicyclic amines) is 1. The Morgan fingerprint density at radius 3 is 2.39 bits per heavy atom. The number of amides is 1.